The molecule has 0 radical (unpaired) electrons. The molecule has 1 fully saturated rings. The van der Waals surface area contributed by atoms with Gasteiger partial charge >= 0.3 is 5.97 Å². The Morgan fingerprint density at radius 3 is 2.61 bits per heavy atom. The van der Waals surface area contributed by atoms with Crippen molar-refractivity contribution in [2.24, 2.45) is 5.92 Å². The van der Waals surface area contributed by atoms with E-state index in [1.165, 1.54) is 0 Å². The van der Waals surface area contributed by atoms with Crippen LogP contribution in [0.1, 0.15) is 30.3 Å². The molecule has 18 heavy (non-hydrogen) atoms. The number of aryl methyl sites for hydroxylation is 1. The first-order chi connectivity index (χ1) is 8.61. The highest BCUT2D eigenvalue weighted by Crippen LogP contribution is 2.18. The van der Waals surface area contributed by atoms with Gasteiger partial charge in [0, 0.05) is 25.8 Å². The average molecular weight is 251 g/mol. The first-order valence-corrected chi connectivity index (χ1v) is 6.17. The molecule has 1 aromatic rings. The van der Waals surface area contributed by atoms with Crippen molar-refractivity contribution < 1.29 is 14.7 Å². The van der Waals surface area contributed by atoms with Crippen molar-refractivity contribution >= 4 is 11.9 Å². The Hall–Kier alpha value is -1.85. The number of carbonyl (C=O) groups excluding carboxylic acids is 1. The average Bonchev–Trinajstić information content (AvgIpc) is 2.86. The van der Waals surface area contributed by atoms with Crippen molar-refractivity contribution in [1.82, 2.24) is 14.7 Å². The standard InChI is InChI=1S/C12H17N3O3/c1-2-15-8-5-10(13-15)11(16)14-6-3-9(4-7-14)12(17)18/h5,8-9H,2-4,6-7H2,1H3,(H,17,18). The Kier molecular flexibility index (Phi) is 3.64. The third-order valence-electron chi connectivity index (χ3n) is 3.32. The molecule has 0 bridgehead atoms. The van der Waals surface area contributed by atoms with Crippen molar-refractivity contribution in [3.05, 3.63) is 18.0 Å². The molecule has 0 saturated carbocycles. The van der Waals surface area contributed by atoms with Gasteiger partial charge in [0.15, 0.2) is 0 Å². The highest BCUT2D eigenvalue weighted by molar-refractivity contribution is 5.92. The molecular weight excluding hydrogens is 234 g/mol. The number of aliphatic carboxylic acids is 1. The zero-order valence-electron chi connectivity index (χ0n) is 10.4. The number of carbonyl (C=O) groups is 2. The number of carboxylic acid groups (broad SMARTS) is 1. The molecule has 0 atom stereocenters. The fraction of sp³-hybridized carbons (Fsp3) is 0.583. The van der Waals surface area contributed by atoms with E-state index >= 15 is 0 Å². The fourth-order valence-electron chi connectivity index (χ4n) is 2.14. The Bertz CT molecular complexity index is 447. The summed E-state index contributed by atoms with van der Waals surface area (Å²) >= 11 is 0. The second-order valence-corrected chi connectivity index (χ2v) is 4.46. The van der Waals surface area contributed by atoms with Crippen LogP contribution in [0.25, 0.3) is 0 Å². The Morgan fingerprint density at radius 2 is 2.11 bits per heavy atom. The zero-order chi connectivity index (χ0) is 13.1. The van der Waals surface area contributed by atoms with Gasteiger partial charge in [-0.15, -0.1) is 0 Å². The molecule has 0 aliphatic carbocycles. The Labute approximate surface area is 105 Å². The first-order valence-electron chi connectivity index (χ1n) is 6.17. The largest absolute Gasteiger partial charge is 0.481 e. The third kappa shape index (κ3) is 2.52. The van der Waals surface area contributed by atoms with E-state index in [0.717, 1.165) is 6.54 Å². The number of aromatic nitrogens is 2. The monoisotopic (exact) mass is 251 g/mol. The smallest absolute Gasteiger partial charge is 0.306 e. The van der Waals surface area contributed by atoms with E-state index in [1.54, 1.807) is 21.8 Å². The highest BCUT2D eigenvalue weighted by Gasteiger charge is 2.28. The summed E-state index contributed by atoms with van der Waals surface area (Å²) in [5, 5.41) is 13.1. The lowest BCUT2D eigenvalue weighted by molar-refractivity contribution is -0.143. The van der Waals surface area contributed by atoms with Gasteiger partial charge in [0.1, 0.15) is 5.69 Å². The predicted octanol–water partition coefficient (Wildman–Crippen LogP) is 0.840. The van der Waals surface area contributed by atoms with Crippen LogP contribution in [0.3, 0.4) is 0 Å². The number of likely N-dealkylation sites (tertiary alicyclic amines) is 1. The van der Waals surface area contributed by atoms with E-state index in [9.17, 15) is 9.59 Å². The molecule has 2 heterocycles. The Morgan fingerprint density at radius 1 is 1.44 bits per heavy atom. The molecule has 1 aliphatic heterocycles. The molecule has 6 nitrogen and oxygen atoms in total. The molecule has 0 unspecified atom stereocenters. The first kappa shape index (κ1) is 12.6. The summed E-state index contributed by atoms with van der Waals surface area (Å²) in [5.74, 6) is -1.19. The number of rotatable bonds is 3. The van der Waals surface area contributed by atoms with Crippen LogP contribution in [-0.2, 0) is 11.3 Å². The van der Waals surface area contributed by atoms with Crippen molar-refractivity contribution in [1.29, 1.82) is 0 Å². The quantitative estimate of drug-likeness (QED) is 0.863. The number of hydrogen-bond donors (Lipinski definition) is 1. The third-order valence-corrected chi connectivity index (χ3v) is 3.32. The second kappa shape index (κ2) is 5.20. The maximum atomic E-state index is 12.1. The van der Waals surface area contributed by atoms with E-state index in [-0.39, 0.29) is 11.8 Å². The lowest BCUT2D eigenvalue weighted by Crippen LogP contribution is -2.40. The maximum absolute atomic E-state index is 12.1. The van der Waals surface area contributed by atoms with Crippen LogP contribution in [0.2, 0.25) is 0 Å². The lowest BCUT2D eigenvalue weighted by Gasteiger charge is -2.29. The lowest BCUT2D eigenvalue weighted by atomic mass is 9.97. The van der Waals surface area contributed by atoms with Gasteiger partial charge < -0.3 is 10.0 Å². The molecule has 6 heteroatoms. The predicted molar refractivity (Wildman–Crippen MR) is 64.2 cm³/mol. The molecule has 1 amide bonds. The minimum absolute atomic E-state index is 0.106. The van der Waals surface area contributed by atoms with E-state index < -0.39 is 5.97 Å². The topological polar surface area (TPSA) is 75.4 Å². The summed E-state index contributed by atoms with van der Waals surface area (Å²) in [6.45, 7) is 3.68. The van der Waals surface area contributed by atoms with Crippen molar-refractivity contribution in [2.75, 3.05) is 13.1 Å². The minimum atomic E-state index is -0.766. The molecule has 1 aliphatic rings. The van der Waals surface area contributed by atoms with Gasteiger partial charge in [0.2, 0.25) is 0 Å². The minimum Gasteiger partial charge on any atom is -0.481 e. The van der Waals surface area contributed by atoms with Gasteiger partial charge in [-0.1, -0.05) is 0 Å². The van der Waals surface area contributed by atoms with E-state index in [2.05, 4.69) is 5.10 Å². The van der Waals surface area contributed by atoms with E-state index in [4.69, 9.17) is 5.11 Å². The number of amides is 1. The summed E-state index contributed by atoms with van der Waals surface area (Å²) in [4.78, 5) is 24.6. The Balaban J connectivity index is 1.97. The molecule has 0 spiro atoms. The van der Waals surface area contributed by atoms with Gasteiger partial charge in [-0.05, 0) is 25.8 Å². The highest BCUT2D eigenvalue weighted by atomic mass is 16.4. The summed E-state index contributed by atoms with van der Waals surface area (Å²) < 4.78 is 1.71. The number of nitrogens with zero attached hydrogens (tertiary/aromatic N) is 3. The number of piperidine rings is 1. The van der Waals surface area contributed by atoms with Crippen LogP contribution in [0.5, 0.6) is 0 Å². The molecule has 1 saturated heterocycles. The summed E-state index contributed by atoms with van der Waals surface area (Å²) in [6, 6.07) is 1.70. The van der Waals surface area contributed by atoms with Gasteiger partial charge in [-0.2, -0.15) is 5.10 Å². The molecule has 2 rings (SSSR count). The van der Waals surface area contributed by atoms with Crippen LogP contribution in [0.4, 0.5) is 0 Å². The van der Waals surface area contributed by atoms with E-state index in [0.29, 0.717) is 31.6 Å². The molecular formula is C12H17N3O3. The molecule has 98 valence electrons. The van der Waals surface area contributed by atoms with Gasteiger partial charge in [-0.3, -0.25) is 14.3 Å². The number of hydrogen-bond acceptors (Lipinski definition) is 3. The van der Waals surface area contributed by atoms with Crippen LogP contribution in [0, 0.1) is 5.92 Å². The van der Waals surface area contributed by atoms with E-state index in [1.807, 2.05) is 6.92 Å². The van der Waals surface area contributed by atoms with Gasteiger partial charge in [0.05, 0.1) is 5.92 Å². The summed E-state index contributed by atoms with van der Waals surface area (Å²) in [5.41, 5.74) is 0.436. The zero-order valence-corrected chi connectivity index (χ0v) is 10.4. The van der Waals surface area contributed by atoms with Crippen LogP contribution < -0.4 is 0 Å². The summed E-state index contributed by atoms with van der Waals surface area (Å²) in [7, 11) is 0. The number of carboxylic acids is 1. The normalized spacial score (nSPS) is 16.8. The second-order valence-electron chi connectivity index (χ2n) is 4.46. The van der Waals surface area contributed by atoms with Crippen LogP contribution in [-0.4, -0.2) is 44.8 Å². The van der Waals surface area contributed by atoms with Crippen molar-refractivity contribution in [3.8, 4) is 0 Å². The fourth-order valence-corrected chi connectivity index (χ4v) is 2.14. The molecule has 1 aromatic heterocycles. The van der Waals surface area contributed by atoms with Gasteiger partial charge in [-0.25, -0.2) is 0 Å². The maximum Gasteiger partial charge on any atom is 0.306 e. The van der Waals surface area contributed by atoms with Crippen molar-refractivity contribution in [3.63, 3.8) is 0 Å². The SMILES string of the molecule is CCn1ccc(C(=O)N2CCC(C(=O)O)CC2)n1. The summed E-state index contributed by atoms with van der Waals surface area (Å²) in [6.07, 6.45) is 2.82. The van der Waals surface area contributed by atoms with Crippen molar-refractivity contribution in [2.45, 2.75) is 26.3 Å². The van der Waals surface area contributed by atoms with Crippen LogP contribution in [0.15, 0.2) is 12.3 Å². The van der Waals surface area contributed by atoms with Gasteiger partial charge in [0.25, 0.3) is 5.91 Å². The molecule has 0 aromatic carbocycles. The van der Waals surface area contributed by atoms with Crippen LogP contribution >= 0.6 is 0 Å². The molecule has 1 N–H and O–H groups in total.